The van der Waals surface area contributed by atoms with Crippen molar-refractivity contribution in [3.05, 3.63) is 65.7 Å². The molecular formula is C42H58N12O15. The fourth-order valence-corrected chi connectivity index (χ4v) is 8.34. The van der Waals surface area contributed by atoms with Crippen LogP contribution >= 0.6 is 0 Å². The molecule has 27 nitrogen and oxygen atoms in total. The highest BCUT2D eigenvalue weighted by atomic mass is 16.6. The number of rotatable bonds is 11. The first-order chi connectivity index (χ1) is 32.8. The number of nitrogens with two attached hydrogens (primary N) is 2. The topological polar surface area (TPSA) is 438 Å². The number of amides is 6. The van der Waals surface area contributed by atoms with E-state index in [-0.39, 0.29) is 24.7 Å². The van der Waals surface area contributed by atoms with Crippen molar-refractivity contribution in [3.8, 4) is 5.75 Å². The van der Waals surface area contributed by atoms with Crippen LogP contribution in [0.15, 0.2) is 64.6 Å². The highest BCUT2D eigenvalue weighted by molar-refractivity contribution is 5.98. The molecule has 15 atom stereocenters. The highest BCUT2D eigenvalue weighted by Gasteiger charge is 2.52. The van der Waals surface area contributed by atoms with Gasteiger partial charge in [0.1, 0.15) is 72.6 Å². The summed E-state index contributed by atoms with van der Waals surface area (Å²) >= 11 is 0. The van der Waals surface area contributed by atoms with Crippen molar-refractivity contribution in [3.63, 3.8) is 0 Å². The van der Waals surface area contributed by atoms with E-state index in [4.69, 9.17) is 16.2 Å². The second-order valence-corrected chi connectivity index (χ2v) is 16.9. The first kappa shape index (κ1) is 51.7. The summed E-state index contributed by atoms with van der Waals surface area (Å²) in [5.41, 5.74) is 13.0. The number of carbonyl (C=O) groups excluding carboxylic acids is 6. The normalized spacial score (nSPS) is 32.3. The Labute approximate surface area is 393 Å². The van der Waals surface area contributed by atoms with Gasteiger partial charge in [0, 0.05) is 18.9 Å². The van der Waals surface area contributed by atoms with Crippen LogP contribution in [-0.4, -0.2) is 211 Å². The number of carbonyl (C=O) groups is 6. The number of phenolic OH excluding ortho intramolecular Hbond substituents is 1. The highest BCUT2D eigenvalue weighted by Crippen LogP contribution is 2.29. The molecule has 19 N–H and O–H groups in total. The first-order valence-electron chi connectivity index (χ1n) is 21.9. The summed E-state index contributed by atoms with van der Waals surface area (Å²) in [5, 5.41) is 103. The van der Waals surface area contributed by atoms with Crippen molar-refractivity contribution in [2.45, 2.75) is 104 Å². The zero-order chi connectivity index (χ0) is 50.3. The summed E-state index contributed by atoms with van der Waals surface area (Å²) in [6, 6.07) is 1.96. The number of nitrogens with zero attached hydrogens (tertiary/aromatic N) is 3. The van der Waals surface area contributed by atoms with Gasteiger partial charge in [0.15, 0.2) is 18.1 Å². The molecule has 69 heavy (non-hydrogen) atoms. The number of guanidine groups is 2. The van der Waals surface area contributed by atoms with Crippen LogP contribution in [0, 0.1) is 0 Å². The van der Waals surface area contributed by atoms with Crippen LogP contribution in [0.1, 0.15) is 24.0 Å². The van der Waals surface area contributed by atoms with E-state index < -0.39 is 159 Å². The second kappa shape index (κ2) is 22.6. The Kier molecular flexibility index (Phi) is 16.9. The lowest BCUT2D eigenvalue weighted by molar-refractivity contribution is -0.260. The Balaban J connectivity index is 1.41. The lowest BCUT2D eigenvalue weighted by Gasteiger charge is -2.46. The van der Waals surface area contributed by atoms with E-state index in [1.54, 1.807) is 37.3 Å². The average Bonchev–Trinajstić information content (AvgIpc) is 3.96. The molecule has 376 valence electrons. The van der Waals surface area contributed by atoms with E-state index in [1.807, 2.05) is 0 Å². The largest absolute Gasteiger partial charge is 0.508 e. The Morgan fingerprint density at radius 3 is 1.99 bits per heavy atom. The molecule has 2 aromatic rings. The number of nitrogens with one attached hydrogen (secondary N) is 7. The van der Waals surface area contributed by atoms with Crippen molar-refractivity contribution in [1.29, 1.82) is 0 Å². The number of ether oxygens (including phenoxy) is 1. The van der Waals surface area contributed by atoms with Crippen LogP contribution < -0.4 is 48.7 Å². The van der Waals surface area contributed by atoms with Gasteiger partial charge in [-0.1, -0.05) is 49.4 Å². The van der Waals surface area contributed by atoms with E-state index in [2.05, 4.69) is 47.2 Å². The number of benzene rings is 2. The van der Waals surface area contributed by atoms with Crippen molar-refractivity contribution < 1.29 is 74.4 Å². The monoisotopic (exact) mass is 970 g/mol. The predicted molar refractivity (Wildman–Crippen MR) is 238 cm³/mol. The number of hydrogen-bond donors (Lipinski definition) is 17. The molecule has 2 saturated heterocycles. The van der Waals surface area contributed by atoms with Crippen molar-refractivity contribution in [1.82, 2.24) is 42.1 Å². The van der Waals surface area contributed by atoms with E-state index in [9.17, 15) is 69.6 Å². The molecule has 0 aromatic heterocycles. The van der Waals surface area contributed by atoms with Crippen molar-refractivity contribution in [2.24, 2.45) is 21.5 Å². The summed E-state index contributed by atoms with van der Waals surface area (Å²) in [4.78, 5) is 94.2. The van der Waals surface area contributed by atoms with Gasteiger partial charge in [0.25, 0.3) is 0 Å². The molecule has 6 amide bonds. The fraction of sp³-hybridized carbons (Fsp3) is 0.524. The zero-order valence-electron chi connectivity index (χ0n) is 37.0. The van der Waals surface area contributed by atoms with Gasteiger partial charge in [0.2, 0.25) is 35.4 Å². The molecular weight excluding hydrogens is 913 g/mol. The van der Waals surface area contributed by atoms with Gasteiger partial charge in [-0.3, -0.25) is 33.8 Å². The summed E-state index contributed by atoms with van der Waals surface area (Å²) in [6.07, 6.45) is -13.5. The maximum absolute atomic E-state index is 14.7. The zero-order valence-corrected chi connectivity index (χ0v) is 37.0. The summed E-state index contributed by atoms with van der Waals surface area (Å²) in [5.74, 6) is -8.30. The molecule has 4 aliphatic rings. The predicted octanol–water partition coefficient (Wildman–Crippen LogP) is -8.91. The van der Waals surface area contributed by atoms with Gasteiger partial charge in [-0.2, -0.15) is 0 Å². The lowest BCUT2D eigenvalue weighted by Crippen LogP contribution is -2.70. The third-order valence-corrected chi connectivity index (χ3v) is 12.3. The third-order valence-electron chi connectivity index (χ3n) is 12.3. The molecule has 0 aliphatic carbocycles. The fourth-order valence-electron chi connectivity index (χ4n) is 8.34. The maximum Gasteiger partial charge on any atom is 0.246 e. The molecule has 2 aromatic carbocycles. The van der Waals surface area contributed by atoms with Gasteiger partial charge in [-0.15, -0.1) is 0 Å². The Bertz CT molecular complexity index is 2240. The third kappa shape index (κ3) is 11.9. The van der Waals surface area contributed by atoms with Crippen molar-refractivity contribution in [2.75, 3.05) is 32.8 Å². The number of phenols is 1. The minimum atomic E-state index is -2.25. The van der Waals surface area contributed by atoms with Crippen molar-refractivity contribution >= 4 is 47.4 Å². The summed E-state index contributed by atoms with van der Waals surface area (Å²) in [6.45, 7) is -1.82. The standard InChI is InChI=1S/C42H58N12O15/c1-17(19-5-3-2-4-6-19)27-37(66)48-21(11-18-7-9-20(57)10-8-18)36(65)52-28(30(59)22-12-46-41(43)50-22)39(68)53-29(38(67)49-23(15-55)35(64)45-14-26(58)51-27)31(60)24-13-47-42(44)54(24)40-34(63)33(62)32(61)25(16-56)69-40/h2-10,17,21-25,27-34,40,55-57,59-63H,11-16H2,1H3,(H2,44,47)(H,45,64)(H,48,66)(H,49,67)(H,51,58)(H,52,65)(H,53,68)(H3,43,46,50)/t17-,21-,22+,23+,24+,25?,27+,28+,29-,30+,31+,32-,33?,34?,40+/m1/s1. The number of aromatic hydroxyl groups is 1. The number of hydrogen-bond acceptors (Lipinski definition) is 21. The maximum atomic E-state index is 14.7. The molecule has 4 aliphatic heterocycles. The van der Waals surface area contributed by atoms with E-state index in [0.717, 1.165) is 4.90 Å². The number of aliphatic hydroxyl groups excluding tert-OH is 7. The number of aliphatic imine (C=N–C) groups is 2. The first-order valence-corrected chi connectivity index (χ1v) is 21.9. The van der Waals surface area contributed by atoms with E-state index >= 15 is 0 Å². The average molecular weight is 971 g/mol. The SMILES string of the molecule is C[C@H](c1ccccc1)[C@@H]1NC(=O)CNC(=O)[C@H](CO)NC(=O)[C@@H]([C@@H](O)[C@@H]2CN=C(N)N2[C@H]2OC(CO)[C@@H](O)C(O)C2O)NC(=O)[C@H]([C@@H](O)[C@@H]2CNC(N)=N2)NC(=O)[C@@H](Cc2ccc(O)cc2)NC1=O. The van der Waals surface area contributed by atoms with Gasteiger partial charge in [0.05, 0.1) is 38.4 Å². The number of aliphatic hydroxyl groups is 7. The minimum Gasteiger partial charge on any atom is -0.508 e. The molecule has 3 unspecified atom stereocenters. The summed E-state index contributed by atoms with van der Waals surface area (Å²) < 4.78 is 5.66. The van der Waals surface area contributed by atoms with Crippen LogP contribution in [0.4, 0.5) is 0 Å². The molecule has 0 radical (unpaired) electrons. The Morgan fingerprint density at radius 1 is 0.725 bits per heavy atom. The van der Waals surface area contributed by atoms with Crippen LogP contribution in [-0.2, 0) is 39.9 Å². The molecule has 0 spiro atoms. The lowest BCUT2D eigenvalue weighted by atomic mass is 9.92. The van der Waals surface area contributed by atoms with Crippen LogP contribution in [0.5, 0.6) is 5.75 Å². The van der Waals surface area contributed by atoms with Gasteiger partial charge < -0.3 is 99.2 Å². The van der Waals surface area contributed by atoms with E-state index in [1.165, 1.54) is 24.3 Å². The van der Waals surface area contributed by atoms with E-state index in [0.29, 0.717) is 11.1 Å². The van der Waals surface area contributed by atoms with Gasteiger partial charge in [-0.05, 0) is 23.3 Å². The van der Waals surface area contributed by atoms with Crippen LogP contribution in [0.3, 0.4) is 0 Å². The van der Waals surface area contributed by atoms with Crippen LogP contribution in [0.2, 0.25) is 0 Å². The smallest absolute Gasteiger partial charge is 0.246 e. The van der Waals surface area contributed by atoms with Gasteiger partial charge in [-0.25, -0.2) is 4.99 Å². The second-order valence-electron chi connectivity index (χ2n) is 16.9. The molecule has 2 fully saturated rings. The minimum absolute atomic E-state index is 0.123. The molecule has 6 rings (SSSR count). The quantitative estimate of drug-likeness (QED) is 0.0994. The molecule has 0 saturated carbocycles. The Hall–Kier alpha value is -6.72. The van der Waals surface area contributed by atoms with Crippen LogP contribution in [0.25, 0.3) is 0 Å². The Morgan fingerprint density at radius 2 is 1.35 bits per heavy atom. The molecule has 27 heteroatoms. The molecule has 4 heterocycles. The van der Waals surface area contributed by atoms with Gasteiger partial charge >= 0.3 is 0 Å². The summed E-state index contributed by atoms with van der Waals surface area (Å²) in [7, 11) is 0. The molecule has 0 bridgehead atoms.